The second-order valence-electron chi connectivity index (χ2n) is 4.04. The Hall–Kier alpha value is -1.97. The summed E-state index contributed by atoms with van der Waals surface area (Å²) >= 11 is 0. The Morgan fingerprint density at radius 2 is 2.24 bits per heavy atom. The van der Waals surface area contributed by atoms with Crippen molar-refractivity contribution in [2.24, 2.45) is 0 Å². The zero-order valence-corrected chi connectivity index (χ0v) is 10.0. The van der Waals surface area contributed by atoms with E-state index in [0.717, 1.165) is 23.7 Å². The highest BCUT2D eigenvalue weighted by molar-refractivity contribution is 6.00. The summed E-state index contributed by atoms with van der Waals surface area (Å²) in [5.41, 5.74) is 9.06. The van der Waals surface area contributed by atoms with Gasteiger partial charge in [-0.3, -0.25) is 0 Å². The van der Waals surface area contributed by atoms with Gasteiger partial charge in [-0.05, 0) is 24.1 Å². The van der Waals surface area contributed by atoms with Crippen LogP contribution in [0, 0.1) is 0 Å². The summed E-state index contributed by atoms with van der Waals surface area (Å²) < 4.78 is 4.71. The topological polar surface area (TPSA) is 68.1 Å². The van der Waals surface area contributed by atoms with Crippen molar-refractivity contribution in [2.45, 2.75) is 19.8 Å². The molecule has 17 heavy (non-hydrogen) atoms. The minimum Gasteiger partial charge on any atom is -0.465 e. The number of carbonyl (C=O) groups is 1. The number of aryl methyl sites for hydroxylation is 1. The highest BCUT2D eigenvalue weighted by Crippen LogP contribution is 2.26. The third-order valence-corrected chi connectivity index (χ3v) is 2.85. The molecule has 0 spiro atoms. The molecule has 0 atom stereocenters. The number of benzene rings is 1. The van der Waals surface area contributed by atoms with E-state index in [4.69, 9.17) is 10.5 Å². The van der Waals surface area contributed by atoms with Crippen LogP contribution in [-0.4, -0.2) is 18.1 Å². The van der Waals surface area contributed by atoms with Crippen molar-refractivity contribution in [1.29, 1.82) is 0 Å². The van der Waals surface area contributed by atoms with Crippen LogP contribution in [-0.2, 0) is 11.2 Å². The Labute approximate surface area is 99.8 Å². The number of hydrogen-bond acceptors (Lipinski definition) is 3. The molecule has 0 unspecified atom stereocenters. The minimum atomic E-state index is -0.359. The molecule has 0 radical (unpaired) electrons. The fraction of sp³-hybridized carbons (Fsp3) is 0.308. The first kappa shape index (κ1) is 11.5. The molecular formula is C13H16N2O2. The Bertz CT molecular complexity index is 558. The molecule has 90 valence electrons. The summed E-state index contributed by atoms with van der Waals surface area (Å²) in [5.74, 6) is -0.359. The summed E-state index contributed by atoms with van der Waals surface area (Å²) in [5, 5.41) is 1.01. The lowest BCUT2D eigenvalue weighted by Crippen LogP contribution is -2.02. The van der Waals surface area contributed by atoms with Crippen LogP contribution in [0.2, 0.25) is 0 Å². The largest absolute Gasteiger partial charge is 0.465 e. The van der Waals surface area contributed by atoms with E-state index < -0.39 is 0 Å². The molecule has 0 amide bonds. The molecule has 0 saturated heterocycles. The zero-order chi connectivity index (χ0) is 12.4. The summed E-state index contributed by atoms with van der Waals surface area (Å²) in [6.07, 6.45) is 3.96. The van der Waals surface area contributed by atoms with Gasteiger partial charge in [0.05, 0.1) is 23.9 Å². The number of ether oxygens (including phenoxy) is 1. The first-order valence-corrected chi connectivity index (χ1v) is 5.65. The van der Waals surface area contributed by atoms with Crippen LogP contribution in [0.25, 0.3) is 10.9 Å². The van der Waals surface area contributed by atoms with E-state index in [2.05, 4.69) is 11.9 Å². The van der Waals surface area contributed by atoms with Gasteiger partial charge >= 0.3 is 5.97 Å². The fourth-order valence-corrected chi connectivity index (χ4v) is 2.03. The summed E-state index contributed by atoms with van der Waals surface area (Å²) in [7, 11) is 1.37. The van der Waals surface area contributed by atoms with Gasteiger partial charge in [-0.1, -0.05) is 13.3 Å². The first-order valence-electron chi connectivity index (χ1n) is 5.65. The van der Waals surface area contributed by atoms with E-state index in [0.29, 0.717) is 11.3 Å². The molecular weight excluding hydrogens is 216 g/mol. The van der Waals surface area contributed by atoms with E-state index in [9.17, 15) is 4.79 Å². The normalized spacial score (nSPS) is 10.7. The average molecular weight is 232 g/mol. The maximum absolute atomic E-state index is 11.5. The quantitative estimate of drug-likeness (QED) is 0.631. The van der Waals surface area contributed by atoms with Gasteiger partial charge in [-0.25, -0.2) is 4.79 Å². The van der Waals surface area contributed by atoms with Gasteiger partial charge in [0, 0.05) is 11.6 Å². The highest BCUT2D eigenvalue weighted by atomic mass is 16.5. The number of aromatic nitrogens is 1. The molecule has 0 aliphatic rings. The van der Waals surface area contributed by atoms with Crippen molar-refractivity contribution in [2.75, 3.05) is 12.8 Å². The molecule has 0 bridgehead atoms. The zero-order valence-electron chi connectivity index (χ0n) is 10.0. The number of nitrogens with two attached hydrogens (primary N) is 1. The Morgan fingerprint density at radius 1 is 1.47 bits per heavy atom. The predicted molar refractivity (Wildman–Crippen MR) is 68.0 cm³/mol. The lowest BCUT2D eigenvalue weighted by molar-refractivity contribution is 0.0601. The highest BCUT2D eigenvalue weighted by Gasteiger charge is 2.12. The number of anilines is 1. The third kappa shape index (κ3) is 1.98. The van der Waals surface area contributed by atoms with Crippen LogP contribution in [0.5, 0.6) is 0 Å². The van der Waals surface area contributed by atoms with Crippen molar-refractivity contribution in [3.8, 4) is 0 Å². The molecule has 1 heterocycles. The molecule has 3 N–H and O–H groups in total. The second-order valence-corrected chi connectivity index (χ2v) is 4.04. The van der Waals surface area contributed by atoms with E-state index in [1.807, 2.05) is 12.3 Å². The molecule has 0 aliphatic heterocycles. The van der Waals surface area contributed by atoms with Crippen molar-refractivity contribution in [3.05, 3.63) is 29.5 Å². The van der Waals surface area contributed by atoms with Crippen molar-refractivity contribution >= 4 is 22.6 Å². The van der Waals surface area contributed by atoms with Crippen LogP contribution in [0.3, 0.4) is 0 Å². The number of carbonyl (C=O) groups excluding carboxylic acids is 1. The number of methoxy groups -OCH3 is 1. The number of hydrogen-bond donors (Lipinski definition) is 2. The molecule has 2 aromatic rings. The molecule has 1 aromatic carbocycles. The van der Waals surface area contributed by atoms with E-state index in [1.165, 1.54) is 12.7 Å². The van der Waals surface area contributed by atoms with Gasteiger partial charge in [0.25, 0.3) is 0 Å². The molecule has 0 aliphatic carbocycles. The Morgan fingerprint density at radius 3 is 2.88 bits per heavy atom. The minimum absolute atomic E-state index is 0.359. The summed E-state index contributed by atoms with van der Waals surface area (Å²) in [6.45, 7) is 2.12. The van der Waals surface area contributed by atoms with E-state index >= 15 is 0 Å². The van der Waals surface area contributed by atoms with Gasteiger partial charge in [-0.15, -0.1) is 0 Å². The van der Waals surface area contributed by atoms with Crippen molar-refractivity contribution < 1.29 is 9.53 Å². The average Bonchev–Trinajstić information content (AvgIpc) is 2.72. The molecule has 0 fully saturated rings. The van der Waals surface area contributed by atoms with Crippen LogP contribution in [0.4, 0.5) is 5.69 Å². The number of fused-ring (bicyclic) bond motifs is 1. The lowest BCUT2D eigenvalue weighted by atomic mass is 10.1. The van der Waals surface area contributed by atoms with Gasteiger partial charge in [0.1, 0.15) is 0 Å². The number of esters is 1. The molecule has 0 saturated carbocycles. The van der Waals surface area contributed by atoms with Crippen LogP contribution in [0.15, 0.2) is 18.3 Å². The van der Waals surface area contributed by atoms with Gasteiger partial charge in [-0.2, -0.15) is 0 Å². The first-order chi connectivity index (χ1) is 8.17. The predicted octanol–water partition coefficient (Wildman–Crippen LogP) is 2.49. The number of nitrogens with one attached hydrogen (secondary N) is 1. The van der Waals surface area contributed by atoms with Crippen molar-refractivity contribution in [3.63, 3.8) is 0 Å². The summed E-state index contributed by atoms with van der Waals surface area (Å²) in [4.78, 5) is 14.7. The molecule has 2 rings (SSSR count). The van der Waals surface area contributed by atoms with E-state index in [-0.39, 0.29) is 5.97 Å². The third-order valence-electron chi connectivity index (χ3n) is 2.85. The number of H-pyrrole nitrogens is 1. The van der Waals surface area contributed by atoms with Crippen molar-refractivity contribution in [1.82, 2.24) is 4.98 Å². The summed E-state index contributed by atoms with van der Waals surface area (Å²) in [6, 6.07) is 3.47. The standard InChI is InChI=1S/C13H16N2O2/c1-3-4-8-7-15-12-10(8)5-9(6-11(12)14)13(16)17-2/h5-7,15H,3-4,14H2,1-2H3. The molecule has 1 aromatic heterocycles. The molecule has 4 heteroatoms. The monoisotopic (exact) mass is 232 g/mol. The van der Waals surface area contributed by atoms with Gasteiger partial charge in [0.2, 0.25) is 0 Å². The maximum Gasteiger partial charge on any atom is 0.337 e. The number of rotatable bonds is 3. The van der Waals surface area contributed by atoms with Crippen LogP contribution < -0.4 is 5.73 Å². The fourth-order valence-electron chi connectivity index (χ4n) is 2.03. The lowest BCUT2D eigenvalue weighted by Gasteiger charge is -2.04. The maximum atomic E-state index is 11.5. The number of nitrogen functional groups attached to an aromatic ring is 1. The Kier molecular flexibility index (Phi) is 3.04. The molecule has 4 nitrogen and oxygen atoms in total. The Balaban J connectivity index is 2.60. The van der Waals surface area contributed by atoms with Gasteiger partial charge < -0.3 is 15.5 Å². The van der Waals surface area contributed by atoms with Crippen LogP contribution in [0.1, 0.15) is 29.3 Å². The SMILES string of the molecule is CCCc1c[nH]c2c(N)cc(C(=O)OC)cc12. The number of aromatic amines is 1. The van der Waals surface area contributed by atoms with Gasteiger partial charge in [0.15, 0.2) is 0 Å². The second kappa shape index (κ2) is 4.49. The smallest absolute Gasteiger partial charge is 0.337 e. The van der Waals surface area contributed by atoms with E-state index in [1.54, 1.807) is 6.07 Å². The van der Waals surface area contributed by atoms with Crippen LogP contribution >= 0.6 is 0 Å².